The lowest BCUT2D eigenvalue weighted by molar-refractivity contribution is -0.169. The third-order valence-electron chi connectivity index (χ3n) is 4.50. The van der Waals surface area contributed by atoms with Crippen molar-refractivity contribution in [3.63, 3.8) is 0 Å². The second-order valence-corrected chi connectivity index (χ2v) is 10.1. The van der Waals surface area contributed by atoms with Gasteiger partial charge in [0.25, 0.3) is 0 Å². The fraction of sp³-hybridized carbons (Fsp3) is 0.600. The van der Waals surface area contributed by atoms with E-state index in [2.05, 4.69) is 5.32 Å². The molecule has 0 radical (unpaired) electrons. The highest BCUT2D eigenvalue weighted by Gasteiger charge is 2.36. The van der Waals surface area contributed by atoms with Crippen molar-refractivity contribution in [3.8, 4) is 0 Å². The van der Waals surface area contributed by atoms with Crippen molar-refractivity contribution in [3.05, 3.63) is 29.8 Å². The number of amides is 2. The largest absolute Gasteiger partial charge is 0.459 e. The maximum absolute atomic E-state index is 12.8. The summed E-state index contributed by atoms with van der Waals surface area (Å²) in [6, 6.07) is 6.45. The van der Waals surface area contributed by atoms with Gasteiger partial charge in [-0.1, -0.05) is 25.0 Å². The van der Waals surface area contributed by atoms with Gasteiger partial charge in [-0.15, -0.1) is 0 Å². The molecular weight excluding hydrogens is 440 g/mol. The van der Waals surface area contributed by atoms with E-state index < -0.39 is 35.0 Å². The minimum absolute atomic E-state index is 0.156. The van der Waals surface area contributed by atoms with Crippen LogP contribution in [0.5, 0.6) is 0 Å². The van der Waals surface area contributed by atoms with Gasteiger partial charge in [-0.3, -0.25) is 24.4 Å². The first-order valence-electron chi connectivity index (χ1n) is 11.5. The Morgan fingerprint density at radius 3 is 1.62 bits per heavy atom. The number of rotatable bonds is 11. The molecule has 0 aliphatic heterocycles. The van der Waals surface area contributed by atoms with Crippen molar-refractivity contribution >= 4 is 29.4 Å². The van der Waals surface area contributed by atoms with E-state index in [0.29, 0.717) is 30.5 Å². The van der Waals surface area contributed by atoms with Gasteiger partial charge < -0.3 is 14.8 Å². The Hall–Kier alpha value is -2.94. The maximum Gasteiger partial charge on any atom is 0.325 e. The molecule has 9 nitrogen and oxygen atoms in total. The minimum atomic E-state index is -1.24. The molecule has 0 heterocycles. The van der Waals surface area contributed by atoms with E-state index in [0.717, 1.165) is 12.8 Å². The molecule has 0 atom stereocenters. The van der Waals surface area contributed by atoms with Gasteiger partial charge in [-0.05, 0) is 72.1 Å². The fourth-order valence-electron chi connectivity index (χ4n) is 3.05. The molecule has 0 unspecified atom stereocenters. The van der Waals surface area contributed by atoms with E-state index in [1.807, 2.05) is 0 Å². The lowest BCUT2D eigenvalue weighted by atomic mass is 9.98. The number of ether oxygens (including phenoxy) is 2. The first-order valence-corrected chi connectivity index (χ1v) is 11.5. The average molecular weight is 479 g/mol. The average Bonchev–Trinajstić information content (AvgIpc) is 2.69. The van der Waals surface area contributed by atoms with E-state index in [4.69, 9.17) is 14.7 Å². The van der Waals surface area contributed by atoms with Crippen molar-refractivity contribution in [2.45, 2.75) is 97.2 Å². The molecule has 0 aromatic heterocycles. The fourth-order valence-corrected chi connectivity index (χ4v) is 3.05. The van der Waals surface area contributed by atoms with Crippen LogP contribution >= 0.6 is 0 Å². The zero-order valence-corrected chi connectivity index (χ0v) is 21.0. The minimum Gasteiger partial charge on any atom is -0.459 e. The summed E-state index contributed by atoms with van der Waals surface area (Å²) in [4.78, 5) is 48.7. The third kappa shape index (κ3) is 11.8. The molecule has 1 rings (SSSR count). The Morgan fingerprint density at radius 2 is 1.21 bits per heavy atom. The van der Waals surface area contributed by atoms with Gasteiger partial charge in [0.15, 0.2) is 5.92 Å². The predicted octanol–water partition coefficient (Wildman–Crippen LogP) is 4.24. The van der Waals surface area contributed by atoms with Crippen molar-refractivity contribution in [1.82, 2.24) is 5.48 Å². The lowest BCUT2D eigenvalue weighted by Gasteiger charge is -2.26. The van der Waals surface area contributed by atoms with Crippen molar-refractivity contribution < 1.29 is 33.9 Å². The number of carbonyl (C=O) groups is 4. The van der Waals surface area contributed by atoms with Crippen molar-refractivity contribution in [2.24, 2.45) is 0 Å². The smallest absolute Gasteiger partial charge is 0.325 e. The zero-order chi connectivity index (χ0) is 25.9. The third-order valence-corrected chi connectivity index (χ3v) is 4.50. The van der Waals surface area contributed by atoms with Crippen LogP contribution in [-0.4, -0.2) is 40.2 Å². The number of carbonyl (C=O) groups excluding carboxylic acids is 4. The van der Waals surface area contributed by atoms with Crippen LogP contribution in [0.4, 0.5) is 5.69 Å². The summed E-state index contributed by atoms with van der Waals surface area (Å²) in [5.41, 5.74) is 1.01. The van der Waals surface area contributed by atoms with Gasteiger partial charge in [-0.2, -0.15) is 0 Å². The maximum atomic E-state index is 12.8. The molecule has 3 N–H and O–H groups in total. The Morgan fingerprint density at radius 1 is 0.765 bits per heavy atom. The van der Waals surface area contributed by atoms with Gasteiger partial charge in [0, 0.05) is 18.5 Å². The van der Waals surface area contributed by atoms with Crippen molar-refractivity contribution in [1.29, 1.82) is 0 Å². The van der Waals surface area contributed by atoms with Crippen LogP contribution in [0.3, 0.4) is 0 Å². The molecule has 2 amide bonds. The van der Waals surface area contributed by atoms with E-state index in [1.165, 1.54) is 0 Å². The summed E-state index contributed by atoms with van der Waals surface area (Å²) in [5.74, 6) is -3.21. The SMILES string of the molecule is CC(C)(C)OC(=O)C(C(=O)OC(C)(C)C)c1ccc(NC(=O)CCCCCCC(=O)NO)cc1. The summed E-state index contributed by atoms with van der Waals surface area (Å²) < 4.78 is 10.9. The Labute approximate surface area is 201 Å². The highest BCUT2D eigenvalue weighted by molar-refractivity contribution is 6.01. The number of esters is 2. The molecule has 0 saturated carbocycles. The molecule has 190 valence electrons. The topological polar surface area (TPSA) is 131 Å². The van der Waals surface area contributed by atoms with Crippen LogP contribution in [0.25, 0.3) is 0 Å². The van der Waals surface area contributed by atoms with Crippen LogP contribution in [0.2, 0.25) is 0 Å². The summed E-state index contributed by atoms with van der Waals surface area (Å²) in [7, 11) is 0. The number of benzene rings is 1. The molecule has 0 aliphatic rings. The number of nitrogens with one attached hydrogen (secondary N) is 2. The quantitative estimate of drug-likeness (QED) is 0.143. The van der Waals surface area contributed by atoms with Gasteiger partial charge in [-0.25, -0.2) is 5.48 Å². The first-order chi connectivity index (χ1) is 15.7. The van der Waals surface area contributed by atoms with Crippen LogP contribution in [-0.2, 0) is 28.7 Å². The van der Waals surface area contributed by atoms with E-state index in [-0.39, 0.29) is 12.3 Å². The molecule has 34 heavy (non-hydrogen) atoms. The van der Waals surface area contributed by atoms with Crippen molar-refractivity contribution in [2.75, 3.05) is 5.32 Å². The monoisotopic (exact) mass is 478 g/mol. The number of hydroxylamine groups is 1. The molecule has 9 heteroatoms. The van der Waals surface area contributed by atoms with Gasteiger partial charge in [0.05, 0.1) is 0 Å². The highest BCUT2D eigenvalue weighted by Crippen LogP contribution is 2.26. The Bertz CT molecular complexity index is 808. The number of hydrogen-bond donors (Lipinski definition) is 3. The lowest BCUT2D eigenvalue weighted by Crippen LogP contribution is -2.35. The van der Waals surface area contributed by atoms with Gasteiger partial charge in [0.1, 0.15) is 11.2 Å². The Kier molecular flexibility index (Phi) is 11.2. The van der Waals surface area contributed by atoms with Gasteiger partial charge >= 0.3 is 11.9 Å². The summed E-state index contributed by atoms with van der Waals surface area (Å²) >= 11 is 0. The zero-order valence-electron chi connectivity index (χ0n) is 21.0. The standard InChI is InChI=1S/C25H38N2O7/c1-24(2,3)33-22(30)21(23(31)34-25(4,5)6)17-13-15-18(16-14-17)26-19(28)11-9-7-8-10-12-20(29)27-32/h13-16,21,32H,7-12H2,1-6H3,(H,26,28)(H,27,29). The highest BCUT2D eigenvalue weighted by atomic mass is 16.6. The van der Waals surface area contributed by atoms with Crippen LogP contribution in [0, 0.1) is 0 Å². The number of unbranched alkanes of at least 4 members (excludes halogenated alkanes) is 3. The Balaban J connectivity index is 2.73. The number of anilines is 1. The summed E-state index contributed by atoms with van der Waals surface area (Å²) in [6.45, 7) is 10.3. The van der Waals surface area contributed by atoms with E-state index in [9.17, 15) is 19.2 Å². The van der Waals surface area contributed by atoms with Crippen LogP contribution < -0.4 is 10.8 Å². The van der Waals surface area contributed by atoms with Gasteiger partial charge in [0.2, 0.25) is 11.8 Å². The molecule has 1 aromatic carbocycles. The number of hydrogen-bond acceptors (Lipinski definition) is 7. The molecule has 0 fully saturated rings. The summed E-state index contributed by atoms with van der Waals surface area (Å²) in [6.07, 6.45) is 3.47. The predicted molar refractivity (Wildman–Crippen MR) is 127 cm³/mol. The normalized spacial score (nSPS) is 11.6. The molecular formula is C25H38N2O7. The summed E-state index contributed by atoms with van der Waals surface area (Å²) in [5, 5.41) is 11.2. The molecule has 0 spiro atoms. The second-order valence-electron chi connectivity index (χ2n) is 10.1. The van der Waals surface area contributed by atoms with E-state index in [1.54, 1.807) is 71.3 Å². The molecule has 0 aliphatic carbocycles. The molecule has 0 saturated heterocycles. The van der Waals surface area contributed by atoms with Crippen LogP contribution in [0.15, 0.2) is 24.3 Å². The first kappa shape index (κ1) is 29.1. The van der Waals surface area contributed by atoms with Crippen LogP contribution in [0.1, 0.15) is 91.5 Å². The second kappa shape index (κ2) is 13.1. The van der Waals surface area contributed by atoms with E-state index >= 15 is 0 Å². The molecule has 1 aromatic rings. The molecule has 0 bridgehead atoms.